The van der Waals surface area contributed by atoms with Gasteiger partial charge in [-0.25, -0.2) is 0 Å². The molecule has 4 nitrogen and oxygen atoms in total. The molecule has 0 atom stereocenters. The van der Waals surface area contributed by atoms with Crippen molar-refractivity contribution in [2.75, 3.05) is 0 Å². The van der Waals surface area contributed by atoms with Gasteiger partial charge >= 0.3 is 11.9 Å². The molecule has 0 amide bonds. The van der Waals surface area contributed by atoms with E-state index in [4.69, 9.17) is 137 Å². The van der Waals surface area contributed by atoms with Crippen molar-refractivity contribution in [3.63, 3.8) is 0 Å². The van der Waals surface area contributed by atoms with Crippen LogP contribution < -0.4 is 9.47 Å². The third kappa shape index (κ3) is 6.00. The van der Waals surface area contributed by atoms with E-state index in [1.165, 1.54) is 24.3 Å². The number of benzene rings is 3. The summed E-state index contributed by atoms with van der Waals surface area (Å²) in [6, 6.07) is 5.62. The standard InChI is InChI=1S/C21H5Cl11O4/c22-6-3-1-5(2-4-6)7(20(33)35-18-14(29)10(25)8(23)11(26)15(18)30)21(34)36-19-16(31)12(27)9(24)13(28)17(19)32/h1-4,7H. The Morgan fingerprint density at radius 3 is 1.06 bits per heavy atom. The smallest absolute Gasteiger partial charge is 0.330 e. The Hall–Kier alpha value is -0.210. The number of ether oxygens (including phenoxy) is 2. The fourth-order valence-corrected chi connectivity index (χ4v) is 5.21. The summed E-state index contributed by atoms with van der Waals surface area (Å²) in [4.78, 5) is 26.5. The van der Waals surface area contributed by atoms with Gasteiger partial charge in [0.05, 0.1) is 30.1 Å². The van der Waals surface area contributed by atoms with E-state index in [2.05, 4.69) is 0 Å². The first kappa shape index (κ1) is 30.3. The highest BCUT2D eigenvalue weighted by atomic mass is 35.5. The molecule has 190 valence electrons. The number of halogens is 11. The molecule has 0 fully saturated rings. The van der Waals surface area contributed by atoms with Crippen LogP contribution in [0.2, 0.25) is 55.2 Å². The van der Waals surface area contributed by atoms with Gasteiger partial charge in [-0.1, -0.05) is 140 Å². The third-order valence-corrected chi connectivity index (χ3v) is 9.16. The lowest BCUT2D eigenvalue weighted by atomic mass is 9.99. The van der Waals surface area contributed by atoms with Crippen LogP contribution in [-0.4, -0.2) is 11.9 Å². The Morgan fingerprint density at radius 2 is 0.750 bits per heavy atom. The van der Waals surface area contributed by atoms with Crippen LogP contribution in [0.1, 0.15) is 11.5 Å². The summed E-state index contributed by atoms with van der Waals surface area (Å²) >= 11 is 66.6. The van der Waals surface area contributed by atoms with E-state index in [9.17, 15) is 9.59 Å². The number of rotatable bonds is 5. The topological polar surface area (TPSA) is 52.6 Å². The molecule has 36 heavy (non-hydrogen) atoms. The molecule has 0 unspecified atom stereocenters. The van der Waals surface area contributed by atoms with Crippen LogP contribution in [0, 0.1) is 0 Å². The first-order valence-corrected chi connectivity index (χ1v) is 13.1. The zero-order chi connectivity index (χ0) is 27.1. The highest BCUT2D eigenvalue weighted by Gasteiger charge is 2.36. The molecule has 0 aromatic heterocycles. The number of hydrogen-bond donors (Lipinski definition) is 0. The summed E-state index contributed by atoms with van der Waals surface area (Å²) in [7, 11) is 0. The Bertz CT molecular complexity index is 1250. The predicted octanol–water partition coefficient (Wildman–Crippen LogP) is 11.2. The van der Waals surface area contributed by atoms with E-state index in [0.717, 1.165) is 0 Å². The zero-order valence-corrected chi connectivity index (χ0v) is 25.0. The number of esters is 2. The van der Waals surface area contributed by atoms with E-state index in [1.807, 2.05) is 0 Å². The molecule has 0 radical (unpaired) electrons. The molecular weight excluding hydrogens is 706 g/mol. The molecule has 0 N–H and O–H groups in total. The molecule has 3 aromatic carbocycles. The summed E-state index contributed by atoms with van der Waals surface area (Å²) in [6.45, 7) is 0. The number of carbonyl (C=O) groups is 2. The van der Waals surface area contributed by atoms with Crippen molar-refractivity contribution in [2.24, 2.45) is 0 Å². The van der Waals surface area contributed by atoms with Crippen LogP contribution in [0.15, 0.2) is 24.3 Å². The molecule has 0 aliphatic heterocycles. The van der Waals surface area contributed by atoms with Gasteiger partial charge in [0.15, 0.2) is 17.4 Å². The van der Waals surface area contributed by atoms with Crippen molar-refractivity contribution in [3.05, 3.63) is 85.1 Å². The lowest BCUT2D eigenvalue weighted by Crippen LogP contribution is -2.30. The Balaban J connectivity index is 2.08. The van der Waals surface area contributed by atoms with Crippen molar-refractivity contribution in [1.29, 1.82) is 0 Å². The summed E-state index contributed by atoms with van der Waals surface area (Å²) in [5, 5.41) is -2.23. The predicted molar refractivity (Wildman–Crippen MR) is 148 cm³/mol. The van der Waals surface area contributed by atoms with E-state index >= 15 is 0 Å². The minimum absolute atomic E-state index is 0.103. The summed E-state index contributed by atoms with van der Waals surface area (Å²) in [5.74, 6) is -5.02. The number of hydrogen-bond acceptors (Lipinski definition) is 4. The van der Waals surface area contributed by atoms with Crippen molar-refractivity contribution in [2.45, 2.75) is 5.92 Å². The van der Waals surface area contributed by atoms with Crippen molar-refractivity contribution in [1.82, 2.24) is 0 Å². The maximum atomic E-state index is 13.3. The van der Waals surface area contributed by atoms with Crippen molar-refractivity contribution in [3.8, 4) is 11.5 Å². The molecule has 3 aromatic rings. The van der Waals surface area contributed by atoms with Gasteiger partial charge in [-0.15, -0.1) is 0 Å². The van der Waals surface area contributed by atoms with Gasteiger partial charge in [-0.3, -0.25) is 9.59 Å². The normalized spacial score (nSPS) is 11.1. The molecule has 0 heterocycles. The Kier molecular flexibility index (Phi) is 10.4. The largest absolute Gasteiger partial charge is 0.422 e. The maximum Gasteiger partial charge on any atom is 0.330 e. The molecule has 0 bridgehead atoms. The van der Waals surface area contributed by atoms with Crippen molar-refractivity contribution >= 4 is 140 Å². The second kappa shape index (κ2) is 12.3. The van der Waals surface area contributed by atoms with Gasteiger partial charge in [0.1, 0.15) is 20.1 Å². The lowest BCUT2D eigenvalue weighted by Gasteiger charge is -2.19. The lowest BCUT2D eigenvalue weighted by molar-refractivity contribution is -0.147. The fraction of sp³-hybridized carbons (Fsp3) is 0.0476. The third-order valence-electron chi connectivity index (χ3n) is 4.42. The maximum absolute atomic E-state index is 13.3. The minimum atomic E-state index is -1.75. The van der Waals surface area contributed by atoms with Gasteiger partial charge in [0.25, 0.3) is 0 Å². The summed E-state index contributed by atoms with van der Waals surface area (Å²) in [5.41, 5.74) is 0.103. The molecule has 15 heteroatoms. The Morgan fingerprint density at radius 1 is 0.472 bits per heavy atom. The van der Waals surface area contributed by atoms with Gasteiger partial charge in [0, 0.05) is 5.02 Å². The van der Waals surface area contributed by atoms with Crippen LogP contribution in [0.5, 0.6) is 11.5 Å². The zero-order valence-electron chi connectivity index (χ0n) is 16.7. The van der Waals surface area contributed by atoms with Gasteiger partial charge < -0.3 is 9.47 Å². The van der Waals surface area contributed by atoms with E-state index in [1.54, 1.807) is 0 Å². The summed E-state index contributed by atoms with van der Waals surface area (Å²) in [6.07, 6.45) is 0. The quantitative estimate of drug-likeness (QED) is 0.0869. The first-order valence-electron chi connectivity index (χ1n) is 8.99. The molecule has 0 saturated heterocycles. The first-order chi connectivity index (χ1) is 16.8. The van der Waals surface area contributed by atoms with Crippen LogP contribution >= 0.6 is 128 Å². The molecule has 0 aliphatic carbocycles. The average molecular weight is 711 g/mol. The average Bonchev–Trinajstić information content (AvgIpc) is 2.85. The van der Waals surface area contributed by atoms with E-state index in [0.29, 0.717) is 5.02 Å². The summed E-state index contributed by atoms with van der Waals surface area (Å²) < 4.78 is 10.6. The minimum Gasteiger partial charge on any atom is -0.422 e. The molecule has 3 rings (SSSR count). The van der Waals surface area contributed by atoms with Gasteiger partial charge in [-0.2, -0.15) is 0 Å². The van der Waals surface area contributed by atoms with Crippen LogP contribution in [-0.2, 0) is 9.59 Å². The van der Waals surface area contributed by atoms with E-state index < -0.39 is 29.4 Å². The molecule has 0 spiro atoms. The van der Waals surface area contributed by atoms with Crippen LogP contribution in [0.4, 0.5) is 0 Å². The van der Waals surface area contributed by atoms with E-state index in [-0.39, 0.29) is 55.8 Å². The highest BCUT2D eigenvalue weighted by molar-refractivity contribution is 6.57. The molecular formula is C21H5Cl11O4. The van der Waals surface area contributed by atoms with Crippen LogP contribution in [0.3, 0.4) is 0 Å². The fourth-order valence-electron chi connectivity index (χ4n) is 2.69. The van der Waals surface area contributed by atoms with Gasteiger partial charge in [-0.05, 0) is 17.7 Å². The van der Waals surface area contributed by atoms with Crippen LogP contribution in [0.25, 0.3) is 0 Å². The SMILES string of the molecule is O=C(Oc1c(Cl)c(Cl)c(Cl)c(Cl)c1Cl)C(C(=O)Oc1c(Cl)c(Cl)c(Cl)c(Cl)c1Cl)c1ccc(Cl)cc1. The highest BCUT2D eigenvalue weighted by Crippen LogP contribution is 2.50. The van der Waals surface area contributed by atoms with Crippen molar-refractivity contribution < 1.29 is 19.1 Å². The monoisotopic (exact) mass is 706 g/mol. The second-order valence-corrected chi connectivity index (χ2v) is 10.8. The number of carbonyl (C=O) groups excluding carboxylic acids is 2. The van der Waals surface area contributed by atoms with Gasteiger partial charge in [0.2, 0.25) is 0 Å². The second-order valence-electron chi connectivity index (χ2n) is 6.62. The Labute approximate surface area is 259 Å². The molecule has 0 saturated carbocycles. The molecule has 0 aliphatic rings.